The average Bonchev–Trinajstić information content (AvgIpc) is 2.58. The average molecular weight is 229 g/mol. The molecule has 3 heteroatoms. The van der Waals surface area contributed by atoms with Gasteiger partial charge in [-0.3, -0.25) is 0 Å². The van der Waals surface area contributed by atoms with Crippen molar-refractivity contribution in [2.45, 2.75) is 32.1 Å². The minimum absolute atomic E-state index is 0.771. The third-order valence-corrected chi connectivity index (χ3v) is 4.27. The lowest BCUT2D eigenvalue weighted by Crippen LogP contribution is -2.16. The Kier molecular flexibility index (Phi) is 5.60. The van der Waals surface area contributed by atoms with Crippen LogP contribution >= 0.6 is 23.1 Å². The van der Waals surface area contributed by atoms with E-state index in [0.29, 0.717) is 0 Å². The summed E-state index contributed by atoms with van der Waals surface area (Å²) in [6, 6.07) is 4.40. The van der Waals surface area contributed by atoms with E-state index in [2.05, 4.69) is 37.6 Å². The van der Waals surface area contributed by atoms with Crippen LogP contribution in [-0.2, 0) is 6.54 Å². The third kappa shape index (κ3) is 4.49. The number of aryl methyl sites for hydroxylation is 1. The molecule has 1 N–H and O–H groups in total. The summed E-state index contributed by atoms with van der Waals surface area (Å²) in [4.78, 5) is 2.85. The molecule has 1 nitrogen and oxygen atoms in total. The molecular formula is C11H19NS2. The van der Waals surface area contributed by atoms with Crippen LogP contribution in [0.5, 0.6) is 0 Å². The van der Waals surface area contributed by atoms with Crippen LogP contribution < -0.4 is 5.32 Å². The van der Waals surface area contributed by atoms with E-state index in [4.69, 9.17) is 0 Å². The Hall–Kier alpha value is 0.01000. The predicted molar refractivity (Wildman–Crippen MR) is 68.4 cm³/mol. The van der Waals surface area contributed by atoms with Crippen LogP contribution in [0, 0.1) is 6.92 Å². The molecule has 0 fully saturated rings. The molecule has 1 aromatic heterocycles. The smallest absolute Gasteiger partial charge is 0.0299 e. The van der Waals surface area contributed by atoms with Gasteiger partial charge in [-0.2, -0.15) is 11.8 Å². The van der Waals surface area contributed by atoms with Crippen molar-refractivity contribution in [3.63, 3.8) is 0 Å². The summed E-state index contributed by atoms with van der Waals surface area (Å²) in [5.41, 5.74) is 0. The Morgan fingerprint density at radius 3 is 2.86 bits per heavy atom. The molecule has 0 saturated heterocycles. The van der Waals surface area contributed by atoms with E-state index in [9.17, 15) is 0 Å². The zero-order valence-electron chi connectivity index (χ0n) is 9.17. The van der Waals surface area contributed by atoms with Crippen molar-refractivity contribution in [1.29, 1.82) is 0 Å². The van der Waals surface area contributed by atoms with Gasteiger partial charge < -0.3 is 5.32 Å². The minimum Gasteiger partial charge on any atom is -0.312 e. The molecule has 0 radical (unpaired) electrons. The summed E-state index contributed by atoms with van der Waals surface area (Å²) >= 11 is 3.82. The van der Waals surface area contributed by atoms with Gasteiger partial charge in [-0.25, -0.2) is 0 Å². The normalized spacial score (nSPS) is 13.1. The summed E-state index contributed by atoms with van der Waals surface area (Å²) in [5, 5.41) is 4.25. The Morgan fingerprint density at radius 2 is 2.29 bits per heavy atom. The molecule has 80 valence electrons. The van der Waals surface area contributed by atoms with Crippen molar-refractivity contribution >= 4 is 23.1 Å². The first-order chi connectivity index (χ1) is 6.72. The van der Waals surface area contributed by atoms with Crippen molar-refractivity contribution in [3.05, 3.63) is 21.9 Å². The summed E-state index contributed by atoms with van der Waals surface area (Å²) in [7, 11) is 0. The number of hydrogen-bond donors (Lipinski definition) is 1. The summed E-state index contributed by atoms with van der Waals surface area (Å²) < 4.78 is 0. The van der Waals surface area contributed by atoms with E-state index in [1.807, 2.05) is 23.1 Å². The number of hydrogen-bond acceptors (Lipinski definition) is 3. The molecule has 0 amide bonds. The van der Waals surface area contributed by atoms with Crippen LogP contribution in [0.2, 0.25) is 0 Å². The topological polar surface area (TPSA) is 12.0 Å². The van der Waals surface area contributed by atoms with Crippen molar-refractivity contribution in [1.82, 2.24) is 5.32 Å². The van der Waals surface area contributed by atoms with Gasteiger partial charge >= 0.3 is 0 Å². The third-order valence-electron chi connectivity index (χ3n) is 2.23. The fourth-order valence-electron chi connectivity index (χ4n) is 1.21. The van der Waals surface area contributed by atoms with Crippen LogP contribution in [0.3, 0.4) is 0 Å². The molecule has 1 heterocycles. The first-order valence-corrected chi connectivity index (χ1v) is 7.11. The highest BCUT2D eigenvalue weighted by Crippen LogP contribution is 2.14. The van der Waals surface area contributed by atoms with E-state index >= 15 is 0 Å². The second-order valence-corrected chi connectivity index (χ2v) is 6.17. The van der Waals surface area contributed by atoms with Gasteiger partial charge in [0.15, 0.2) is 0 Å². The predicted octanol–water partition coefficient (Wildman–Crippen LogP) is 3.29. The SMILES string of the molecule is CSC(C)CCNCc1ccc(C)s1. The number of rotatable bonds is 6. The molecule has 1 aromatic rings. The van der Waals surface area contributed by atoms with Gasteiger partial charge in [-0.15, -0.1) is 11.3 Å². The zero-order chi connectivity index (χ0) is 10.4. The number of thioether (sulfide) groups is 1. The standard InChI is InChI=1S/C11H19NS2/c1-9(13-3)6-7-12-8-11-5-4-10(2)14-11/h4-5,9,12H,6-8H2,1-3H3. The van der Waals surface area contributed by atoms with Crippen LogP contribution in [0.25, 0.3) is 0 Å². The number of nitrogens with one attached hydrogen (secondary N) is 1. The van der Waals surface area contributed by atoms with Crippen LogP contribution in [0.15, 0.2) is 12.1 Å². The Morgan fingerprint density at radius 1 is 1.50 bits per heavy atom. The molecule has 0 aliphatic heterocycles. The molecule has 0 spiro atoms. The van der Waals surface area contributed by atoms with E-state index in [0.717, 1.165) is 18.3 Å². The number of thiophene rings is 1. The van der Waals surface area contributed by atoms with Crippen LogP contribution in [-0.4, -0.2) is 18.1 Å². The van der Waals surface area contributed by atoms with E-state index < -0.39 is 0 Å². The van der Waals surface area contributed by atoms with Gasteiger partial charge in [-0.1, -0.05) is 6.92 Å². The van der Waals surface area contributed by atoms with Crippen molar-refractivity contribution in [2.75, 3.05) is 12.8 Å². The van der Waals surface area contributed by atoms with Gasteiger partial charge in [0.05, 0.1) is 0 Å². The molecule has 1 rings (SSSR count). The molecule has 0 aliphatic rings. The van der Waals surface area contributed by atoms with Crippen molar-refractivity contribution in [2.24, 2.45) is 0 Å². The molecule has 0 saturated carbocycles. The van der Waals surface area contributed by atoms with E-state index in [-0.39, 0.29) is 0 Å². The highest BCUT2D eigenvalue weighted by Gasteiger charge is 1.99. The second kappa shape index (κ2) is 6.49. The van der Waals surface area contributed by atoms with E-state index in [1.165, 1.54) is 16.2 Å². The quantitative estimate of drug-likeness (QED) is 0.751. The van der Waals surface area contributed by atoms with Gasteiger partial charge in [0, 0.05) is 21.5 Å². The first kappa shape index (κ1) is 12.1. The van der Waals surface area contributed by atoms with Crippen molar-refractivity contribution in [3.8, 4) is 0 Å². The van der Waals surface area contributed by atoms with E-state index in [1.54, 1.807) is 0 Å². The summed E-state index contributed by atoms with van der Waals surface area (Å²) in [5.74, 6) is 0. The molecule has 14 heavy (non-hydrogen) atoms. The monoisotopic (exact) mass is 229 g/mol. The molecule has 0 aromatic carbocycles. The maximum absolute atomic E-state index is 3.48. The maximum Gasteiger partial charge on any atom is 0.0299 e. The first-order valence-electron chi connectivity index (χ1n) is 5.01. The summed E-state index contributed by atoms with van der Waals surface area (Å²) in [6.45, 7) is 6.59. The highest BCUT2D eigenvalue weighted by atomic mass is 32.2. The molecule has 1 unspecified atom stereocenters. The Labute approximate surface area is 95.3 Å². The fraction of sp³-hybridized carbons (Fsp3) is 0.636. The minimum atomic E-state index is 0.771. The lowest BCUT2D eigenvalue weighted by Gasteiger charge is -2.07. The molecular weight excluding hydrogens is 210 g/mol. The van der Waals surface area contributed by atoms with Crippen LogP contribution in [0.4, 0.5) is 0 Å². The van der Waals surface area contributed by atoms with Crippen LogP contribution in [0.1, 0.15) is 23.1 Å². The zero-order valence-corrected chi connectivity index (χ0v) is 10.8. The van der Waals surface area contributed by atoms with Gasteiger partial charge in [0.2, 0.25) is 0 Å². The highest BCUT2D eigenvalue weighted by molar-refractivity contribution is 7.99. The summed E-state index contributed by atoms with van der Waals surface area (Å²) in [6.07, 6.45) is 3.43. The van der Waals surface area contributed by atoms with Gasteiger partial charge in [-0.05, 0) is 38.3 Å². The molecule has 1 atom stereocenters. The van der Waals surface area contributed by atoms with Crippen molar-refractivity contribution < 1.29 is 0 Å². The fourth-order valence-corrected chi connectivity index (χ4v) is 2.43. The lowest BCUT2D eigenvalue weighted by atomic mass is 10.3. The lowest BCUT2D eigenvalue weighted by molar-refractivity contribution is 0.653. The molecule has 0 bridgehead atoms. The van der Waals surface area contributed by atoms with Gasteiger partial charge in [0.1, 0.15) is 0 Å². The molecule has 0 aliphatic carbocycles. The maximum atomic E-state index is 3.48. The Bertz CT molecular complexity index is 258. The van der Waals surface area contributed by atoms with Gasteiger partial charge in [0.25, 0.3) is 0 Å². The largest absolute Gasteiger partial charge is 0.312 e. The second-order valence-electron chi connectivity index (χ2n) is 3.52. The Balaban J connectivity index is 2.10.